The molecule has 2 nitrogen and oxygen atoms in total. The van der Waals surface area contributed by atoms with Crippen molar-refractivity contribution in [3.63, 3.8) is 0 Å². The average molecular weight is 239 g/mol. The van der Waals surface area contributed by atoms with Gasteiger partial charge in [-0.15, -0.1) is 0 Å². The van der Waals surface area contributed by atoms with Crippen molar-refractivity contribution < 1.29 is 9.13 Å². The normalized spacial score (nSPS) is 14.6. The molecule has 0 radical (unpaired) electrons. The Bertz CT molecular complexity index is 334. The summed E-state index contributed by atoms with van der Waals surface area (Å²) in [6.45, 7) is 3.96. The summed E-state index contributed by atoms with van der Waals surface area (Å²) >= 11 is 0. The van der Waals surface area contributed by atoms with Crippen LogP contribution in [0.4, 0.5) is 4.39 Å². The highest BCUT2D eigenvalue weighted by atomic mass is 19.1. The second-order valence-electron chi connectivity index (χ2n) is 4.53. The maximum absolute atomic E-state index is 13.3. The number of rotatable bonds is 6. The topological polar surface area (TPSA) is 21.3 Å². The summed E-state index contributed by atoms with van der Waals surface area (Å²) in [6, 6.07) is 5.36. The summed E-state index contributed by atoms with van der Waals surface area (Å²) in [5.41, 5.74) is 1.97. The zero-order valence-electron chi connectivity index (χ0n) is 11.1. The first-order valence-electron chi connectivity index (χ1n) is 6.04. The molecule has 2 unspecified atom stereocenters. The lowest BCUT2D eigenvalue weighted by Crippen LogP contribution is -2.19. The van der Waals surface area contributed by atoms with E-state index in [1.54, 1.807) is 19.2 Å². The van der Waals surface area contributed by atoms with Gasteiger partial charge in [-0.3, -0.25) is 0 Å². The van der Waals surface area contributed by atoms with E-state index in [0.717, 1.165) is 24.0 Å². The van der Waals surface area contributed by atoms with Gasteiger partial charge in [0.1, 0.15) is 5.82 Å². The van der Waals surface area contributed by atoms with Gasteiger partial charge in [0.05, 0.1) is 6.10 Å². The van der Waals surface area contributed by atoms with Gasteiger partial charge >= 0.3 is 0 Å². The average Bonchev–Trinajstić information content (AvgIpc) is 2.28. The van der Waals surface area contributed by atoms with Gasteiger partial charge in [-0.25, -0.2) is 4.39 Å². The van der Waals surface area contributed by atoms with E-state index < -0.39 is 0 Å². The van der Waals surface area contributed by atoms with Gasteiger partial charge in [0.15, 0.2) is 0 Å². The highest BCUT2D eigenvalue weighted by Gasteiger charge is 2.12. The Hall–Kier alpha value is -0.930. The highest BCUT2D eigenvalue weighted by molar-refractivity contribution is 5.26. The number of methoxy groups -OCH3 is 1. The molecule has 0 fully saturated rings. The van der Waals surface area contributed by atoms with Crippen LogP contribution < -0.4 is 5.32 Å². The molecule has 0 spiro atoms. The molecule has 17 heavy (non-hydrogen) atoms. The number of ether oxygens (including phenoxy) is 1. The zero-order valence-corrected chi connectivity index (χ0v) is 11.1. The van der Waals surface area contributed by atoms with Gasteiger partial charge in [-0.2, -0.15) is 0 Å². The summed E-state index contributed by atoms with van der Waals surface area (Å²) in [5, 5.41) is 3.23. The number of hydrogen-bond acceptors (Lipinski definition) is 2. The lowest BCUT2D eigenvalue weighted by molar-refractivity contribution is 0.106. The van der Waals surface area contributed by atoms with Crippen LogP contribution in [-0.2, 0) is 4.74 Å². The lowest BCUT2D eigenvalue weighted by Gasteiger charge is -2.19. The predicted molar refractivity (Wildman–Crippen MR) is 68.6 cm³/mol. The van der Waals surface area contributed by atoms with Crippen LogP contribution in [0, 0.1) is 12.7 Å². The molecule has 0 aliphatic heterocycles. The second-order valence-corrected chi connectivity index (χ2v) is 4.53. The van der Waals surface area contributed by atoms with Crippen molar-refractivity contribution in [1.82, 2.24) is 5.32 Å². The van der Waals surface area contributed by atoms with Crippen molar-refractivity contribution in [1.29, 1.82) is 0 Å². The Kier molecular flexibility index (Phi) is 5.59. The van der Waals surface area contributed by atoms with Crippen molar-refractivity contribution in [3.8, 4) is 0 Å². The molecule has 96 valence electrons. The van der Waals surface area contributed by atoms with Crippen LogP contribution in [0.3, 0.4) is 0 Å². The molecular formula is C14H22FNO. The van der Waals surface area contributed by atoms with E-state index in [9.17, 15) is 4.39 Å². The Morgan fingerprint density at radius 1 is 1.29 bits per heavy atom. The van der Waals surface area contributed by atoms with Crippen LogP contribution in [0.5, 0.6) is 0 Å². The highest BCUT2D eigenvalue weighted by Crippen LogP contribution is 2.21. The van der Waals surface area contributed by atoms with Crippen LogP contribution in [0.1, 0.15) is 36.9 Å². The molecule has 0 saturated heterocycles. The van der Waals surface area contributed by atoms with E-state index in [1.807, 2.05) is 27.0 Å². The predicted octanol–water partition coefficient (Wildman–Crippen LogP) is 3.21. The molecule has 0 heterocycles. The molecular weight excluding hydrogens is 217 g/mol. The van der Waals surface area contributed by atoms with Gasteiger partial charge in [-0.1, -0.05) is 6.07 Å². The Labute approximate surface area is 103 Å². The maximum atomic E-state index is 13.3. The third kappa shape index (κ3) is 4.44. The largest absolute Gasteiger partial charge is 0.382 e. The summed E-state index contributed by atoms with van der Waals surface area (Å²) in [4.78, 5) is 0. The van der Waals surface area contributed by atoms with Crippen molar-refractivity contribution >= 4 is 0 Å². The van der Waals surface area contributed by atoms with Gasteiger partial charge < -0.3 is 10.1 Å². The summed E-state index contributed by atoms with van der Waals surface area (Å²) in [7, 11) is 3.62. The summed E-state index contributed by atoms with van der Waals surface area (Å²) in [6.07, 6.45) is 2.13. The maximum Gasteiger partial charge on any atom is 0.123 e. The Morgan fingerprint density at radius 3 is 2.53 bits per heavy atom. The summed E-state index contributed by atoms with van der Waals surface area (Å²) in [5.74, 6) is -0.167. The molecule has 0 amide bonds. The van der Waals surface area contributed by atoms with E-state index in [0.29, 0.717) is 0 Å². The minimum Gasteiger partial charge on any atom is -0.382 e. The fraction of sp³-hybridized carbons (Fsp3) is 0.571. The molecule has 1 rings (SSSR count). The summed E-state index contributed by atoms with van der Waals surface area (Å²) < 4.78 is 18.6. The quantitative estimate of drug-likeness (QED) is 0.823. The van der Waals surface area contributed by atoms with Crippen molar-refractivity contribution in [2.75, 3.05) is 14.2 Å². The first-order valence-corrected chi connectivity index (χ1v) is 6.04. The van der Waals surface area contributed by atoms with E-state index in [2.05, 4.69) is 5.32 Å². The molecule has 1 aromatic carbocycles. The van der Waals surface area contributed by atoms with E-state index >= 15 is 0 Å². The van der Waals surface area contributed by atoms with Crippen LogP contribution in [0.25, 0.3) is 0 Å². The SMILES string of the molecule is CNC(CCC(C)OC)c1cc(C)cc(F)c1. The standard InChI is InChI=1S/C14H22FNO/c1-10-7-12(9-13(15)8-10)14(16-3)6-5-11(2)17-4/h7-9,11,14,16H,5-6H2,1-4H3. The zero-order chi connectivity index (χ0) is 12.8. The first-order chi connectivity index (χ1) is 8.06. The smallest absolute Gasteiger partial charge is 0.123 e. The van der Waals surface area contributed by atoms with E-state index in [-0.39, 0.29) is 18.0 Å². The fourth-order valence-electron chi connectivity index (χ4n) is 1.96. The fourth-order valence-corrected chi connectivity index (χ4v) is 1.96. The molecule has 0 aliphatic rings. The van der Waals surface area contributed by atoms with Gasteiger partial charge in [0.25, 0.3) is 0 Å². The minimum absolute atomic E-state index is 0.167. The molecule has 1 aromatic rings. The third-order valence-corrected chi connectivity index (χ3v) is 3.08. The monoisotopic (exact) mass is 239 g/mol. The first kappa shape index (κ1) is 14.1. The van der Waals surface area contributed by atoms with E-state index in [1.165, 1.54) is 0 Å². The van der Waals surface area contributed by atoms with Crippen LogP contribution >= 0.6 is 0 Å². The van der Waals surface area contributed by atoms with Gasteiger partial charge in [-0.05, 0) is 57.0 Å². The molecule has 0 saturated carbocycles. The Balaban J connectivity index is 2.72. The Morgan fingerprint density at radius 2 is 2.00 bits per heavy atom. The minimum atomic E-state index is -0.167. The molecule has 2 atom stereocenters. The number of halogens is 1. The number of nitrogens with one attached hydrogen (secondary N) is 1. The number of benzene rings is 1. The van der Waals surface area contributed by atoms with Gasteiger partial charge in [0, 0.05) is 13.2 Å². The lowest BCUT2D eigenvalue weighted by atomic mass is 9.99. The molecule has 1 N–H and O–H groups in total. The molecule has 0 aromatic heterocycles. The number of hydrogen-bond donors (Lipinski definition) is 1. The van der Waals surface area contributed by atoms with Crippen LogP contribution in [-0.4, -0.2) is 20.3 Å². The van der Waals surface area contributed by atoms with Crippen molar-refractivity contribution in [2.45, 2.75) is 38.8 Å². The molecule has 0 bridgehead atoms. The van der Waals surface area contributed by atoms with Crippen molar-refractivity contribution in [2.24, 2.45) is 0 Å². The number of aryl methyl sites for hydroxylation is 1. The molecule has 0 aliphatic carbocycles. The van der Waals surface area contributed by atoms with Crippen LogP contribution in [0.2, 0.25) is 0 Å². The van der Waals surface area contributed by atoms with E-state index in [4.69, 9.17) is 4.74 Å². The third-order valence-electron chi connectivity index (χ3n) is 3.08. The van der Waals surface area contributed by atoms with Crippen molar-refractivity contribution in [3.05, 3.63) is 35.1 Å². The van der Waals surface area contributed by atoms with Gasteiger partial charge in [0.2, 0.25) is 0 Å². The molecule has 3 heteroatoms. The second kappa shape index (κ2) is 6.72. The van der Waals surface area contributed by atoms with Crippen LogP contribution in [0.15, 0.2) is 18.2 Å².